The lowest BCUT2D eigenvalue weighted by atomic mass is 10.1. The van der Waals surface area contributed by atoms with Gasteiger partial charge in [0.25, 0.3) is 0 Å². The van der Waals surface area contributed by atoms with E-state index in [0.717, 1.165) is 7.05 Å². The van der Waals surface area contributed by atoms with Crippen LogP contribution in [0.1, 0.15) is 26.0 Å². The summed E-state index contributed by atoms with van der Waals surface area (Å²) in [5.41, 5.74) is -1.59. The summed E-state index contributed by atoms with van der Waals surface area (Å²) in [7, 11) is -3.54. The van der Waals surface area contributed by atoms with Crippen molar-refractivity contribution >= 4 is 16.0 Å². The average Bonchev–Trinajstić information content (AvgIpc) is 2.70. The molecule has 1 heterocycles. The number of hydrogen-bond donors (Lipinski definition) is 2. The van der Waals surface area contributed by atoms with Crippen LogP contribution in [0.25, 0.3) is 0 Å². The van der Waals surface area contributed by atoms with Crippen LogP contribution in [0.3, 0.4) is 0 Å². The Morgan fingerprint density at radius 2 is 2.00 bits per heavy atom. The van der Waals surface area contributed by atoms with Gasteiger partial charge in [-0.15, -0.1) is 0 Å². The number of nitrogens with one attached hydrogen (secondary N) is 1. The lowest BCUT2D eigenvalue weighted by Crippen LogP contribution is -2.42. The number of halogens is 3. The van der Waals surface area contributed by atoms with E-state index >= 15 is 0 Å². The largest absolute Gasteiger partial charge is 0.480 e. The van der Waals surface area contributed by atoms with E-state index in [4.69, 9.17) is 5.11 Å². The molecule has 0 aromatic carbocycles. The van der Waals surface area contributed by atoms with Gasteiger partial charge >= 0.3 is 12.1 Å². The van der Waals surface area contributed by atoms with Gasteiger partial charge in [0.1, 0.15) is 10.9 Å². The fourth-order valence-electron chi connectivity index (χ4n) is 1.78. The topological polar surface area (TPSA) is 101 Å². The van der Waals surface area contributed by atoms with Crippen LogP contribution in [-0.2, 0) is 28.0 Å². The Morgan fingerprint density at radius 1 is 1.45 bits per heavy atom. The number of carbonyl (C=O) groups is 1. The van der Waals surface area contributed by atoms with Gasteiger partial charge in [-0.25, -0.2) is 8.42 Å². The zero-order valence-corrected chi connectivity index (χ0v) is 12.9. The summed E-state index contributed by atoms with van der Waals surface area (Å²) in [5.74, 6) is -1.63. The monoisotopic (exact) mass is 343 g/mol. The second-order valence-electron chi connectivity index (χ2n) is 5.16. The molecule has 1 rings (SSSR count). The summed E-state index contributed by atoms with van der Waals surface area (Å²) in [6.45, 7) is 3.32. The Hall–Kier alpha value is -1.62. The van der Waals surface area contributed by atoms with Crippen LogP contribution in [0.15, 0.2) is 11.1 Å². The Morgan fingerprint density at radius 3 is 2.41 bits per heavy atom. The molecule has 1 aromatic rings. The van der Waals surface area contributed by atoms with Gasteiger partial charge in [0.05, 0.1) is 0 Å². The fourth-order valence-corrected chi connectivity index (χ4v) is 3.18. The van der Waals surface area contributed by atoms with Crippen molar-refractivity contribution in [2.75, 3.05) is 0 Å². The first kappa shape index (κ1) is 18.4. The molecular weight excluding hydrogens is 327 g/mol. The van der Waals surface area contributed by atoms with Crippen LogP contribution in [0.2, 0.25) is 0 Å². The molecule has 0 aliphatic rings. The highest BCUT2D eigenvalue weighted by molar-refractivity contribution is 7.89. The van der Waals surface area contributed by atoms with Crippen molar-refractivity contribution in [3.05, 3.63) is 11.9 Å². The van der Waals surface area contributed by atoms with Gasteiger partial charge in [-0.1, -0.05) is 13.8 Å². The van der Waals surface area contributed by atoms with Crippen LogP contribution in [0.5, 0.6) is 0 Å². The van der Waals surface area contributed by atoms with Crippen molar-refractivity contribution in [3.8, 4) is 0 Å². The molecule has 0 aliphatic heterocycles. The molecule has 0 bridgehead atoms. The smallest absolute Gasteiger partial charge is 0.436 e. The second kappa shape index (κ2) is 6.24. The number of nitrogens with zero attached hydrogens (tertiary/aromatic N) is 2. The summed E-state index contributed by atoms with van der Waals surface area (Å²) >= 11 is 0. The van der Waals surface area contributed by atoms with E-state index in [2.05, 4.69) is 5.10 Å². The Bertz CT molecular complexity index is 652. The van der Waals surface area contributed by atoms with Crippen molar-refractivity contribution < 1.29 is 31.5 Å². The molecule has 126 valence electrons. The molecule has 0 saturated carbocycles. The van der Waals surface area contributed by atoms with Gasteiger partial charge < -0.3 is 5.11 Å². The van der Waals surface area contributed by atoms with Gasteiger partial charge in [-0.3, -0.25) is 9.48 Å². The number of alkyl halides is 3. The molecule has 22 heavy (non-hydrogen) atoms. The molecular formula is C11H16F3N3O4S. The molecule has 1 atom stereocenters. The van der Waals surface area contributed by atoms with E-state index < -0.39 is 38.8 Å². The maximum absolute atomic E-state index is 12.8. The summed E-state index contributed by atoms with van der Waals surface area (Å²) in [6.07, 6.45) is -4.35. The molecule has 1 aromatic heterocycles. The number of aromatic nitrogens is 2. The molecule has 0 fully saturated rings. The third kappa shape index (κ3) is 4.44. The highest BCUT2D eigenvalue weighted by Crippen LogP contribution is 2.32. The normalized spacial score (nSPS) is 14.3. The molecule has 0 amide bonds. The molecule has 7 nitrogen and oxygen atoms in total. The maximum Gasteiger partial charge on any atom is 0.436 e. The minimum absolute atomic E-state index is 0.0593. The first-order valence-electron chi connectivity index (χ1n) is 6.20. The van der Waals surface area contributed by atoms with Gasteiger partial charge in [0, 0.05) is 13.2 Å². The third-order valence-electron chi connectivity index (χ3n) is 2.66. The van der Waals surface area contributed by atoms with Crippen molar-refractivity contribution in [1.82, 2.24) is 14.5 Å². The first-order valence-corrected chi connectivity index (χ1v) is 7.69. The number of aliphatic carboxylic acids is 1. The second-order valence-corrected chi connectivity index (χ2v) is 6.84. The molecule has 0 unspecified atom stereocenters. The molecule has 2 N–H and O–H groups in total. The zero-order valence-electron chi connectivity index (χ0n) is 12.0. The standard InChI is InChI=1S/C11H16F3N3O4S/c1-6(2)4-7(10(18)19)16-22(20,21)8-5-17(3)15-9(8)11(12,13)14/h5-7,16H,4H2,1-3H3,(H,18,19)/t7-/m1/s1. The molecule has 0 spiro atoms. The predicted molar refractivity (Wildman–Crippen MR) is 69.4 cm³/mol. The number of aryl methyl sites for hydroxylation is 1. The highest BCUT2D eigenvalue weighted by atomic mass is 32.2. The van der Waals surface area contributed by atoms with E-state index in [1.807, 2.05) is 0 Å². The lowest BCUT2D eigenvalue weighted by molar-refractivity contribution is -0.143. The van der Waals surface area contributed by atoms with E-state index in [1.165, 1.54) is 0 Å². The average molecular weight is 343 g/mol. The van der Waals surface area contributed by atoms with Gasteiger partial charge in [0.15, 0.2) is 5.69 Å². The number of sulfonamides is 1. The van der Waals surface area contributed by atoms with E-state index in [0.29, 0.717) is 10.9 Å². The minimum atomic E-state index is -4.97. The fraction of sp³-hybridized carbons (Fsp3) is 0.636. The van der Waals surface area contributed by atoms with Crippen molar-refractivity contribution in [2.45, 2.75) is 37.4 Å². The minimum Gasteiger partial charge on any atom is -0.480 e. The van der Waals surface area contributed by atoms with Crippen LogP contribution in [-0.4, -0.2) is 35.3 Å². The molecule has 0 saturated heterocycles. The van der Waals surface area contributed by atoms with Gasteiger partial charge in [-0.05, 0) is 12.3 Å². The van der Waals surface area contributed by atoms with Crippen LogP contribution >= 0.6 is 0 Å². The number of rotatable bonds is 6. The van der Waals surface area contributed by atoms with Crippen LogP contribution in [0.4, 0.5) is 13.2 Å². The number of carboxylic acids is 1. The highest BCUT2D eigenvalue weighted by Gasteiger charge is 2.41. The molecule has 11 heteroatoms. The summed E-state index contributed by atoms with van der Waals surface area (Å²) < 4.78 is 65.1. The van der Waals surface area contributed by atoms with Crippen molar-refractivity contribution in [3.63, 3.8) is 0 Å². The summed E-state index contributed by atoms with van der Waals surface area (Å²) in [6, 6.07) is -1.52. The van der Waals surface area contributed by atoms with Crippen LogP contribution < -0.4 is 4.72 Å². The van der Waals surface area contributed by atoms with Gasteiger partial charge in [0.2, 0.25) is 10.0 Å². The Labute approximate surface area is 125 Å². The SMILES string of the molecule is CC(C)C[C@@H](NS(=O)(=O)c1cn(C)nc1C(F)(F)F)C(=O)O. The first-order chi connectivity index (χ1) is 9.84. The summed E-state index contributed by atoms with van der Waals surface area (Å²) in [5, 5.41) is 12.1. The zero-order chi connectivity index (χ0) is 17.3. The van der Waals surface area contributed by atoms with Crippen LogP contribution in [0, 0.1) is 5.92 Å². The van der Waals surface area contributed by atoms with Gasteiger partial charge in [-0.2, -0.15) is 23.0 Å². The Kier molecular flexibility index (Phi) is 5.23. The number of hydrogen-bond acceptors (Lipinski definition) is 4. The maximum atomic E-state index is 12.8. The quantitative estimate of drug-likeness (QED) is 0.809. The number of carboxylic acid groups (broad SMARTS) is 1. The Balaban J connectivity index is 3.22. The summed E-state index contributed by atoms with van der Waals surface area (Å²) in [4.78, 5) is 9.96. The predicted octanol–water partition coefficient (Wildman–Crippen LogP) is 1.22. The lowest BCUT2D eigenvalue weighted by Gasteiger charge is -2.16. The van der Waals surface area contributed by atoms with E-state index in [1.54, 1.807) is 18.6 Å². The van der Waals surface area contributed by atoms with E-state index in [9.17, 15) is 26.4 Å². The molecule has 0 aliphatic carbocycles. The molecule has 0 radical (unpaired) electrons. The van der Waals surface area contributed by atoms with E-state index in [-0.39, 0.29) is 12.3 Å². The third-order valence-corrected chi connectivity index (χ3v) is 4.13. The van der Waals surface area contributed by atoms with Crippen molar-refractivity contribution in [2.24, 2.45) is 13.0 Å². The van der Waals surface area contributed by atoms with Crippen molar-refractivity contribution in [1.29, 1.82) is 0 Å².